The summed E-state index contributed by atoms with van der Waals surface area (Å²) in [6.45, 7) is 3.87. The van der Waals surface area contributed by atoms with E-state index in [0.29, 0.717) is 19.6 Å². The lowest BCUT2D eigenvalue weighted by atomic mass is 9.90. The van der Waals surface area contributed by atoms with Gasteiger partial charge in [0.15, 0.2) is 0 Å². The molecule has 1 heterocycles. The van der Waals surface area contributed by atoms with Crippen molar-refractivity contribution in [2.75, 3.05) is 19.6 Å². The molecule has 1 saturated heterocycles. The van der Waals surface area contributed by atoms with Crippen LogP contribution in [0.25, 0.3) is 0 Å². The van der Waals surface area contributed by atoms with Crippen LogP contribution < -0.4 is 5.73 Å². The van der Waals surface area contributed by atoms with Gasteiger partial charge in [-0.05, 0) is 30.5 Å². The van der Waals surface area contributed by atoms with E-state index in [0.717, 1.165) is 6.42 Å². The molecule has 4 heteroatoms. The molecule has 1 amide bonds. The Hall–Kier alpha value is -1.42. The second-order valence-corrected chi connectivity index (χ2v) is 4.97. The van der Waals surface area contributed by atoms with Crippen molar-refractivity contribution < 1.29 is 9.18 Å². The van der Waals surface area contributed by atoms with Crippen molar-refractivity contribution in [2.45, 2.75) is 13.3 Å². The molecule has 0 radical (unpaired) electrons. The molecule has 3 nitrogen and oxygen atoms in total. The van der Waals surface area contributed by atoms with Crippen molar-refractivity contribution in [3.63, 3.8) is 0 Å². The Kier molecular flexibility index (Phi) is 3.15. The van der Waals surface area contributed by atoms with Crippen LogP contribution in [0.2, 0.25) is 0 Å². The number of likely N-dealkylation sites (tertiary alicyclic amines) is 1. The SMILES string of the molecule is CC1(CN)CCN(C(=O)c2ccccc2F)C1. The fourth-order valence-electron chi connectivity index (χ4n) is 2.17. The van der Waals surface area contributed by atoms with Crippen molar-refractivity contribution in [1.29, 1.82) is 0 Å². The number of halogens is 1. The summed E-state index contributed by atoms with van der Waals surface area (Å²) in [6.07, 6.45) is 0.879. The fourth-order valence-corrected chi connectivity index (χ4v) is 2.17. The van der Waals surface area contributed by atoms with Gasteiger partial charge in [0.05, 0.1) is 5.56 Å². The van der Waals surface area contributed by atoms with Crippen LogP contribution in [0, 0.1) is 11.2 Å². The van der Waals surface area contributed by atoms with Gasteiger partial charge in [-0.1, -0.05) is 19.1 Å². The first-order valence-electron chi connectivity index (χ1n) is 5.80. The largest absolute Gasteiger partial charge is 0.338 e. The molecule has 1 aliphatic heterocycles. The molecule has 1 aromatic carbocycles. The van der Waals surface area contributed by atoms with Gasteiger partial charge in [0.25, 0.3) is 5.91 Å². The van der Waals surface area contributed by atoms with Crippen LogP contribution in [0.5, 0.6) is 0 Å². The van der Waals surface area contributed by atoms with Gasteiger partial charge in [-0.2, -0.15) is 0 Å². The Labute approximate surface area is 100 Å². The minimum Gasteiger partial charge on any atom is -0.338 e. The maximum atomic E-state index is 13.5. The summed E-state index contributed by atoms with van der Waals surface area (Å²) < 4.78 is 13.5. The number of hydrogen-bond acceptors (Lipinski definition) is 2. The maximum Gasteiger partial charge on any atom is 0.256 e. The van der Waals surface area contributed by atoms with Crippen molar-refractivity contribution in [3.05, 3.63) is 35.6 Å². The first-order chi connectivity index (χ1) is 8.06. The smallest absolute Gasteiger partial charge is 0.256 e. The number of carbonyl (C=O) groups is 1. The van der Waals surface area contributed by atoms with Gasteiger partial charge in [0.1, 0.15) is 5.82 Å². The van der Waals surface area contributed by atoms with E-state index in [1.807, 2.05) is 0 Å². The van der Waals surface area contributed by atoms with Crippen LogP contribution in [0.15, 0.2) is 24.3 Å². The van der Waals surface area contributed by atoms with Crippen molar-refractivity contribution in [1.82, 2.24) is 4.90 Å². The predicted molar refractivity (Wildman–Crippen MR) is 64.1 cm³/mol. The maximum absolute atomic E-state index is 13.5. The third-order valence-electron chi connectivity index (χ3n) is 3.44. The zero-order valence-corrected chi connectivity index (χ0v) is 9.95. The van der Waals surface area contributed by atoms with Gasteiger partial charge in [-0.15, -0.1) is 0 Å². The molecule has 2 N–H and O–H groups in total. The number of amides is 1. The molecule has 92 valence electrons. The molecule has 0 saturated carbocycles. The van der Waals surface area contributed by atoms with Gasteiger partial charge in [-0.25, -0.2) is 4.39 Å². The minimum atomic E-state index is -0.459. The summed E-state index contributed by atoms with van der Waals surface area (Å²) >= 11 is 0. The van der Waals surface area contributed by atoms with Crippen LogP contribution in [0.1, 0.15) is 23.7 Å². The molecule has 1 aromatic rings. The average molecular weight is 236 g/mol. The quantitative estimate of drug-likeness (QED) is 0.848. The van der Waals surface area contributed by atoms with E-state index >= 15 is 0 Å². The molecule has 17 heavy (non-hydrogen) atoms. The van der Waals surface area contributed by atoms with Gasteiger partial charge >= 0.3 is 0 Å². The molecule has 0 aliphatic carbocycles. The fraction of sp³-hybridized carbons (Fsp3) is 0.462. The lowest BCUT2D eigenvalue weighted by molar-refractivity contribution is 0.0772. The highest BCUT2D eigenvalue weighted by Gasteiger charge is 2.35. The number of hydrogen-bond donors (Lipinski definition) is 1. The number of benzene rings is 1. The highest BCUT2D eigenvalue weighted by molar-refractivity contribution is 5.94. The third-order valence-corrected chi connectivity index (χ3v) is 3.44. The van der Waals surface area contributed by atoms with Gasteiger partial charge < -0.3 is 10.6 Å². The van der Waals surface area contributed by atoms with E-state index < -0.39 is 5.82 Å². The topological polar surface area (TPSA) is 46.3 Å². The highest BCUT2D eigenvalue weighted by atomic mass is 19.1. The summed E-state index contributed by atoms with van der Waals surface area (Å²) in [6, 6.07) is 6.09. The van der Waals surface area contributed by atoms with Crippen LogP contribution in [-0.4, -0.2) is 30.4 Å². The molecule has 0 aromatic heterocycles. The first kappa shape index (κ1) is 12.0. The van der Waals surface area contributed by atoms with Gasteiger partial charge in [0, 0.05) is 13.1 Å². The highest BCUT2D eigenvalue weighted by Crippen LogP contribution is 2.29. The molecule has 1 unspecified atom stereocenters. The summed E-state index contributed by atoms with van der Waals surface area (Å²) in [5, 5.41) is 0. The standard InChI is InChI=1S/C13H17FN2O/c1-13(8-15)6-7-16(9-13)12(17)10-4-2-3-5-11(10)14/h2-5H,6-9,15H2,1H3. The molecular weight excluding hydrogens is 219 g/mol. The van der Waals surface area contributed by atoms with E-state index in [1.54, 1.807) is 17.0 Å². The van der Waals surface area contributed by atoms with Crippen molar-refractivity contribution in [3.8, 4) is 0 Å². The van der Waals surface area contributed by atoms with E-state index in [4.69, 9.17) is 5.73 Å². The normalized spacial score (nSPS) is 24.1. The molecule has 1 fully saturated rings. The molecule has 2 rings (SSSR count). The Morgan fingerprint density at radius 1 is 1.53 bits per heavy atom. The number of nitrogens with zero attached hydrogens (tertiary/aromatic N) is 1. The van der Waals surface area contributed by atoms with Crippen molar-refractivity contribution >= 4 is 5.91 Å². The van der Waals surface area contributed by atoms with E-state index in [9.17, 15) is 9.18 Å². The van der Waals surface area contributed by atoms with E-state index in [2.05, 4.69) is 6.92 Å². The third kappa shape index (κ3) is 2.31. The lowest BCUT2D eigenvalue weighted by Gasteiger charge is -2.22. The van der Waals surface area contributed by atoms with Gasteiger partial charge in [0.2, 0.25) is 0 Å². The minimum absolute atomic E-state index is 0.0269. The Bertz CT molecular complexity index is 435. The summed E-state index contributed by atoms with van der Waals surface area (Å²) in [5.41, 5.74) is 5.81. The zero-order chi connectivity index (χ0) is 12.5. The monoisotopic (exact) mass is 236 g/mol. The van der Waals surface area contributed by atoms with Gasteiger partial charge in [-0.3, -0.25) is 4.79 Å². The number of rotatable bonds is 2. The van der Waals surface area contributed by atoms with E-state index in [1.165, 1.54) is 12.1 Å². The van der Waals surface area contributed by atoms with Crippen LogP contribution in [-0.2, 0) is 0 Å². The predicted octanol–water partition coefficient (Wildman–Crippen LogP) is 1.64. The first-order valence-corrected chi connectivity index (χ1v) is 5.80. The molecular formula is C13H17FN2O. The van der Waals surface area contributed by atoms with E-state index in [-0.39, 0.29) is 16.9 Å². The average Bonchev–Trinajstić information content (AvgIpc) is 2.73. The second-order valence-electron chi connectivity index (χ2n) is 4.97. The molecule has 1 atom stereocenters. The molecule has 0 spiro atoms. The number of nitrogens with two attached hydrogens (primary N) is 1. The zero-order valence-electron chi connectivity index (χ0n) is 9.95. The van der Waals surface area contributed by atoms with Crippen LogP contribution >= 0.6 is 0 Å². The molecule has 0 bridgehead atoms. The summed E-state index contributed by atoms with van der Waals surface area (Å²) in [5.74, 6) is -0.695. The Morgan fingerprint density at radius 3 is 2.82 bits per heavy atom. The number of carbonyl (C=O) groups excluding carboxylic acids is 1. The molecule has 1 aliphatic rings. The Balaban J connectivity index is 2.15. The Morgan fingerprint density at radius 2 is 2.24 bits per heavy atom. The van der Waals surface area contributed by atoms with Crippen LogP contribution in [0.4, 0.5) is 4.39 Å². The lowest BCUT2D eigenvalue weighted by Crippen LogP contribution is -2.34. The van der Waals surface area contributed by atoms with Crippen LogP contribution in [0.3, 0.4) is 0 Å². The second kappa shape index (κ2) is 4.45. The van der Waals surface area contributed by atoms with Crippen molar-refractivity contribution in [2.24, 2.45) is 11.1 Å². The summed E-state index contributed by atoms with van der Waals surface area (Å²) in [7, 11) is 0. The summed E-state index contributed by atoms with van der Waals surface area (Å²) in [4.78, 5) is 13.8.